The van der Waals surface area contributed by atoms with Crippen LogP contribution in [-0.4, -0.2) is 0 Å². The first-order chi connectivity index (χ1) is 25.3. The maximum absolute atomic E-state index is 14.0. The summed E-state index contributed by atoms with van der Waals surface area (Å²) in [5.74, 6) is 0. The Morgan fingerprint density at radius 2 is 0.796 bits per heavy atom. The largest absolute Gasteiger partial charge is 0.416 e. The highest BCUT2D eigenvalue weighted by Crippen LogP contribution is 2.44. The lowest BCUT2D eigenvalue weighted by Crippen LogP contribution is -2.33. The molecule has 0 saturated heterocycles. The van der Waals surface area contributed by atoms with Crippen molar-refractivity contribution < 1.29 is 44.1 Å². The number of aryl methyl sites for hydroxylation is 4. The number of alkyl halides is 9. The lowest BCUT2D eigenvalue weighted by Gasteiger charge is -2.19. The summed E-state index contributed by atoms with van der Waals surface area (Å²) >= 11 is 0. The second-order valence-corrected chi connectivity index (χ2v) is 13.7. The molecule has 0 fully saturated rings. The predicted octanol–water partition coefficient (Wildman–Crippen LogP) is 13.6. The van der Waals surface area contributed by atoms with Crippen molar-refractivity contribution in [1.29, 1.82) is 0 Å². The fraction of sp³-hybridized carbons (Fsp3) is 0.159. The molecule has 7 aromatic rings. The molecule has 6 aromatic carbocycles. The Morgan fingerprint density at radius 3 is 1.20 bits per heavy atom. The van der Waals surface area contributed by atoms with Crippen LogP contribution in [0.5, 0.6) is 0 Å². The van der Waals surface area contributed by atoms with Crippen molar-refractivity contribution in [3.05, 3.63) is 154 Å². The van der Waals surface area contributed by atoms with Crippen molar-refractivity contribution in [3.8, 4) is 39.1 Å². The lowest BCUT2D eigenvalue weighted by atomic mass is 9.86. The zero-order chi connectivity index (χ0) is 38.9. The highest BCUT2D eigenvalue weighted by Gasteiger charge is 2.34. The highest BCUT2D eigenvalue weighted by atomic mass is 19.4. The third-order valence-electron chi connectivity index (χ3n) is 9.61. The second-order valence-electron chi connectivity index (χ2n) is 13.7. The summed E-state index contributed by atoms with van der Waals surface area (Å²) in [6.07, 6.45) is -13.8. The number of para-hydroxylation sites is 1. The minimum Gasteiger partial charge on any atom is -0.166 e. The molecule has 0 aliphatic rings. The van der Waals surface area contributed by atoms with Crippen LogP contribution in [0.3, 0.4) is 0 Å². The van der Waals surface area contributed by atoms with Crippen LogP contribution in [0, 0.1) is 27.7 Å². The first-order valence-electron chi connectivity index (χ1n) is 16.9. The normalized spacial score (nSPS) is 12.5. The van der Waals surface area contributed by atoms with Gasteiger partial charge in [-0.3, -0.25) is 0 Å². The Hall–Kier alpha value is -5.64. The minimum atomic E-state index is -4.63. The molecule has 10 heteroatoms. The van der Waals surface area contributed by atoms with E-state index in [1.165, 1.54) is 0 Å². The maximum atomic E-state index is 14.0. The summed E-state index contributed by atoms with van der Waals surface area (Å²) in [5.41, 5.74) is 3.19. The van der Waals surface area contributed by atoms with E-state index in [1.807, 2.05) is 34.9 Å². The molecule has 0 amide bonds. The van der Waals surface area contributed by atoms with Crippen molar-refractivity contribution in [2.45, 2.75) is 46.2 Å². The molecular weight excluding hydrogens is 713 g/mol. The van der Waals surface area contributed by atoms with Crippen LogP contribution in [0.2, 0.25) is 0 Å². The van der Waals surface area contributed by atoms with Crippen molar-refractivity contribution in [1.82, 2.24) is 0 Å². The molecule has 0 atom stereocenters. The summed E-state index contributed by atoms with van der Waals surface area (Å²) in [7, 11) is 0. The Bertz CT molecular complexity index is 2450. The third kappa shape index (κ3) is 6.81. The number of fused-ring (bicyclic) bond motifs is 2. The molecule has 7 rings (SSSR count). The van der Waals surface area contributed by atoms with Gasteiger partial charge in [-0.15, -0.1) is 0 Å². The average molecular weight is 745 g/mol. The van der Waals surface area contributed by atoms with E-state index in [0.717, 1.165) is 36.4 Å². The van der Waals surface area contributed by atoms with Crippen molar-refractivity contribution in [2.75, 3.05) is 0 Å². The van der Waals surface area contributed by atoms with E-state index in [2.05, 4.69) is 0 Å². The van der Waals surface area contributed by atoms with Gasteiger partial charge in [0.05, 0.1) is 27.5 Å². The molecule has 1 aromatic heterocycles. The van der Waals surface area contributed by atoms with Crippen LogP contribution in [0.4, 0.5) is 39.5 Å². The van der Waals surface area contributed by atoms with Gasteiger partial charge in [0, 0.05) is 29.8 Å². The van der Waals surface area contributed by atoms with E-state index in [9.17, 15) is 39.5 Å². The number of aromatic nitrogens is 1. The number of rotatable bonds is 4. The van der Waals surface area contributed by atoms with Crippen LogP contribution in [0.25, 0.3) is 60.9 Å². The van der Waals surface area contributed by atoms with Gasteiger partial charge in [-0.2, -0.15) is 44.1 Å². The van der Waals surface area contributed by atoms with E-state index in [4.69, 9.17) is 0 Å². The molecule has 0 spiro atoms. The number of benzene rings is 6. The third-order valence-corrected chi connectivity index (χ3v) is 9.61. The average Bonchev–Trinajstić information content (AvgIpc) is 3.09. The van der Waals surface area contributed by atoms with Crippen molar-refractivity contribution >= 4 is 21.8 Å². The fourth-order valence-corrected chi connectivity index (χ4v) is 7.37. The van der Waals surface area contributed by atoms with Gasteiger partial charge in [0.2, 0.25) is 16.7 Å². The molecule has 54 heavy (non-hydrogen) atoms. The molecule has 0 radical (unpaired) electrons. The van der Waals surface area contributed by atoms with E-state index in [1.54, 1.807) is 76.2 Å². The predicted molar refractivity (Wildman–Crippen MR) is 193 cm³/mol. The summed E-state index contributed by atoms with van der Waals surface area (Å²) in [5, 5.41) is 1.03. The van der Waals surface area contributed by atoms with Crippen LogP contribution in [0.1, 0.15) is 38.9 Å². The van der Waals surface area contributed by atoms with Gasteiger partial charge in [0.25, 0.3) is 0 Å². The fourth-order valence-electron chi connectivity index (χ4n) is 7.37. The van der Waals surface area contributed by atoms with Gasteiger partial charge < -0.3 is 0 Å². The van der Waals surface area contributed by atoms with Gasteiger partial charge in [0.1, 0.15) is 0 Å². The summed E-state index contributed by atoms with van der Waals surface area (Å²) in [6.45, 7) is 6.25. The van der Waals surface area contributed by atoms with E-state index in [-0.39, 0.29) is 11.1 Å². The van der Waals surface area contributed by atoms with Crippen molar-refractivity contribution in [3.63, 3.8) is 0 Å². The highest BCUT2D eigenvalue weighted by molar-refractivity contribution is 6.10. The molecule has 0 bridgehead atoms. The monoisotopic (exact) mass is 744 g/mol. The van der Waals surface area contributed by atoms with Gasteiger partial charge in [-0.1, -0.05) is 30.3 Å². The zero-order valence-electron chi connectivity index (χ0n) is 29.3. The van der Waals surface area contributed by atoms with Gasteiger partial charge >= 0.3 is 18.5 Å². The molecule has 0 unspecified atom stereocenters. The number of pyridine rings is 1. The number of nitrogens with zero attached hydrogens (tertiary/aromatic N) is 1. The maximum Gasteiger partial charge on any atom is 0.416 e. The van der Waals surface area contributed by atoms with Crippen LogP contribution >= 0.6 is 0 Å². The van der Waals surface area contributed by atoms with Gasteiger partial charge in [-0.25, -0.2) is 0 Å². The zero-order valence-corrected chi connectivity index (χ0v) is 29.3. The molecule has 0 aliphatic carbocycles. The lowest BCUT2D eigenvalue weighted by molar-refractivity contribution is -0.537. The Labute approximate surface area is 304 Å². The van der Waals surface area contributed by atoms with E-state index < -0.39 is 35.2 Å². The van der Waals surface area contributed by atoms with Gasteiger partial charge in [0.15, 0.2) is 0 Å². The van der Waals surface area contributed by atoms with Crippen molar-refractivity contribution in [2.24, 2.45) is 0 Å². The summed E-state index contributed by atoms with van der Waals surface area (Å²) in [4.78, 5) is 0. The molecule has 1 heterocycles. The SMILES string of the molecule is Cc1cc(-c2ccc3c(c2)c(-c2c(C)cc(C(F)(F)F)cc2C)c2cc(-c4cc(C)cc(C(F)(F)F)c4)ccc2[n+]3-c2ccccc2)cc(C(F)(F)F)c1. The summed E-state index contributed by atoms with van der Waals surface area (Å²) in [6, 6.07) is 29.2. The smallest absolute Gasteiger partial charge is 0.166 e. The van der Waals surface area contributed by atoms with Crippen LogP contribution in [0.15, 0.2) is 115 Å². The summed E-state index contributed by atoms with van der Waals surface area (Å²) < 4.78 is 128. The molecule has 0 N–H and O–H groups in total. The number of halogens is 9. The molecule has 1 nitrogen and oxygen atoms in total. The standard InChI is InChI=1S/C44H31F9N/c1-24-14-30(20-32(16-24)42(45,46)47)28-10-12-38-36(22-28)41(40-26(3)18-34(19-27(40)4)44(51,52)53)37-23-29(31-15-25(2)17-33(21-31)43(48,49)50)11-13-39(37)54(38)35-8-6-5-7-9-35/h5-23H,1-4H3/q+1. The Kier molecular flexibility index (Phi) is 8.86. The Balaban J connectivity index is 1.66. The first-order valence-corrected chi connectivity index (χ1v) is 16.9. The Morgan fingerprint density at radius 1 is 0.389 bits per heavy atom. The second kappa shape index (κ2) is 13.0. The van der Waals surface area contributed by atoms with Crippen LogP contribution < -0.4 is 4.57 Å². The molecule has 274 valence electrons. The molecule has 0 aliphatic heterocycles. The van der Waals surface area contributed by atoms with E-state index >= 15 is 0 Å². The first kappa shape index (κ1) is 36.7. The number of hydrogen-bond acceptors (Lipinski definition) is 0. The van der Waals surface area contributed by atoms with E-state index in [0.29, 0.717) is 72.0 Å². The molecular formula is C44H31F9N+. The quantitative estimate of drug-likeness (QED) is 0.0960. The molecule has 0 saturated carbocycles. The van der Waals surface area contributed by atoms with Gasteiger partial charge in [-0.05, 0) is 138 Å². The number of hydrogen-bond donors (Lipinski definition) is 0. The minimum absolute atomic E-state index is 0.288. The topological polar surface area (TPSA) is 3.88 Å². The van der Waals surface area contributed by atoms with Crippen LogP contribution in [-0.2, 0) is 18.5 Å².